The second-order valence-electron chi connectivity index (χ2n) is 5.28. The van der Waals surface area contributed by atoms with E-state index >= 15 is 0 Å². The van der Waals surface area contributed by atoms with E-state index in [1.54, 1.807) is 10.6 Å². The van der Waals surface area contributed by atoms with Gasteiger partial charge in [0.1, 0.15) is 11.5 Å². The zero-order valence-corrected chi connectivity index (χ0v) is 12.2. The van der Waals surface area contributed by atoms with Crippen molar-refractivity contribution in [2.45, 2.75) is 6.54 Å². The molecule has 0 spiro atoms. The number of hydrogen-bond acceptors (Lipinski definition) is 3. The van der Waals surface area contributed by atoms with Crippen LogP contribution in [-0.2, 0) is 13.6 Å². The molecular formula is C16H15N5O. The van der Waals surface area contributed by atoms with Gasteiger partial charge in [0.05, 0.1) is 5.52 Å². The molecule has 0 fully saturated rings. The minimum atomic E-state index is -0.281. The Kier molecular flexibility index (Phi) is 2.82. The Hall–Kier alpha value is -2.89. The first-order valence-corrected chi connectivity index (χ1v) is 7.18. The van der Waals surface area contributed by atoms with Crippen LogP contribution in [0, 0.1) is 0 Å². The van der Waals surface area contributed by atoms with Gasteiger partial charge >= 0.3 is 0 Å². The molecular weight excluding hydrogens is 278 g/mol. The molecule has 1 N–H and O–H groups in total. The molecule has 2 aromatic heterocycles. The summed E-state index contributed by atoms with van der Waals surface area (Å²) in [5, 5.41) is 4.40. The van der Waals surface area contributed by atoms with Crippen LogP contribution < -0.4 is 10.9 Å². The van der Waals surface area contributed by atoms with Crippen molar-refractivity contribution in [3.8, 4) is 0 Å². The number of carbonyl (C=O) groups is 1. The fourth-order valence-electron chi connectivity index (χ4n) is 2.79. The largest absolute Gasteiger partial charge is 0.369 e. The number of amides is 1. The maximum atomic E-state index is 12.4. The molecule has 0 radical (unpaired) electrons. The summed E-state index contributed by atoms with van der Waals surface area (Å²) in [4.78, 5) is 21.2. The van der Waals surface area contributed by atoms with Crippen molar-refractivity contribution in [1.29, 1.82) is 0 Å². The number of aromatic nitrogens is 3. The predicted octanol–water partition coefficient (Wildman–Crippen LogP) is 1.54. The van der Waals surface area contributed by atoms with E-state index in [4.69, 9.17) is 0 Å². The maximum Gasteiger partial charge on any atom is 0.296 e. The highest BCUT2D eigenvalue weighted by molar-refractivity contribution is 5.94. The number of carbonyl (C=O) groups excluding carboxylic acids is 1. The maximum absolute atomic E-state index is 12.4. The molecule has 1 aliphatic rings. The molecule has 1 amide bonds. The molecule has 0 unspecified atom stereocenters. The Morgan fingerprint density at radius 3 is 2.95 bits per heavy atom. The van der Waals surface area contributed by atoms with Gasteiger partial charge in [0.2, 0.25) is 5.62 Å². The zero-order valence-electron chi connectivity index (χ0n) is 12.2. The number of rotatable bonds is 1. The Morgan fingerprint density at radius 1 is 1.27 bits per heavy atom. The minimum absolute atomic E-state index is 0.281. The molecule has 0 atom stereocenters. The molecule has 0 bridgehead atoms. The molecule has 0 saturated carbocycles. The fraction of sp³-hybridized carbons (Fsp3) is 0.188. The molecule has 3 heterocycles. The first kappa shape index (κ1) is 12.8. The smallest absolute Gasteiger partial charge is 0.296 e. The van der Waals surface area contributed by atoms with Crippen molar-refractivity contribution in [2.75, 3.05) is 11.9 Å². The molecule has 22 heavy (non-hydrogen) atoms. The summed E-state index contributed by atoms with van der Waals surface area (Å²) in [5.41, 5.74) is 1.83. The molecule has 0 saturated heterocycles. The lowest BCUT2D eigenvalue weighted by Gasteiger charge is -2.07. The van der Waals surface area contributed by atoms with Crippen LogP contribution in [0.2, 0.25) is 0 Å². The van der Waals surface area contributed by atoms with Crippen LogP contribution in [0.5, 0.6) is 0 Å². The van der Waals surface area contributed by atoms with Crippen LogP contribution in [0.25, 0.3) is 10.9 Å². The number of benzene rings is 1. The number of anilines is 1. The minimum Gasteiger partial charge on any atom is -0.369 e. The molecule has 110 valence electrons. The van der Waals surface area contributed by atoms with E-state index in [0.29, 0.717) is 11.3 Å². The lowest BCUT2D eigenvalue weighted by Crippen LogP contribution is -2.25. The topological polar surface area (TPSA) is 64.2 Å². The van der Waals surface area contributed by atoms with Crippen LogP contribution in [0.3, 0.4) is 0 Å². The van der Waals surface area contributed by atoms with E-state index in [1.165, 1.54) is 0 Å². The van der Waals surface area contributed by atoms with Gasteiger partial charge in [-0.3, -0.25) is 9.36 Å². The van der Waals surface area contributed by atoms with Crippen molar-refractivity contribution in [3.05, 3.63) is 53.9 Å². The molecule has 0 aliphatic carbocycles. The van der Waals surface area contributed by atoms with Crippen LogP contribution in [0.15, 0.2) is 47.6 Å². The Bertz CT molecular complexity index is 951. The molecule has 1 aliphatic heterocycles. The molecule has 4 rings (SSSR count). The third-order valence-corrected chi connectivity index (χ3v) is 3.88. The SMILES string of the molecule is Cn1cccc1C(=O)N=c1nc2ccccc2c2n1CCN2. The van der Waals surface area contributed by atoms with E-state index in [1.807, 2.05) is 48.1 Å². The van der Waals surface area contributed by atoms with Crippen LogP contribution in [0.1, 0.15) is 10.5 Å². The first-order valence-electron chi connectivity index (χ1n) is 7.18. The van der Waals surface area contributed by atoms with Gasteiger partial charge in [0.25, 0.3) is 5.91 Å². The van der Waals surface area contributed by atoms with Crippen molar-refractivity contribution in [3.63, 3.8) is 0 Å². The number of aryl methyl sites for hydroxylation is 1. The molecule has 6 heteroatoms. The van der Waals surface area contributed by atoms with Crippen molar-refractivity contribution < 1.29 is 4.79 Å². The van der Waals surface area contributed by atoms with Gasteiger partial charge in [0, 0.05) is 31.7 Å². The van der Waals surface area contributed by atoms with Gasteiger partial charge in [-0.25, -0.2) is 4.98 Å². The zero-order chi connectivity index (χ0) is 15.1. The van der Waals surface area contributed by atoms with E-state index in [0.717, 1.165) is 29.8 Å². The second kappa shape index (κ2) is 4.84. The van der Waals surface area contributed by atoms with Crippen molar-refractivity contribution in [2.24, 2.45) is 12.0 Å². The second-order valence-corrected chi connectivity index (χ2v) is 5.28. The van der Waals surface area contributed by atoms with Gasteiger partial charge in [-0.15, -0.1) is 0 Å². The lowest BCUT2D eigenvalue weighted by molar-refractivity contribution is 0.0989. The number of nitrogens with zero attached hydrogens (tertiary/aromatic N) is 4. The Balaban J connectivity index is 1.94. The summed E-state index contributed by atoms with van der Waals surface area (Å²) >= 11 is 0. The monoisotopic (exact) mass is 293 g/mol. The van der Waals surface area contributed by atoms with E-state index in [9.17, 15) is 4.79 Å². The average Bonchev–Trinajstić information content (AvgIpc) is 3.16. The number of hydrogen-bond donors (Lipinski definition) is 1. The summed E-state index contributed by atoms with van der Waals surface area (Å²) in [6.45, 7) is 1.57. The van der Waals surface area contributed by atoms with Crippen molar-refractivity contribution >= 4 is 22.6 Å². The summed E-state index contributed by atoms with van der Waals surface area (Å²) < 4.78 is 3.72. The van der Waals surface area contributed by atoms with Gasteiger partial charge < -0.3 is 9.88 Å². The van der Waals surface area contributed by atoms with Crippen LogP contribution in [-0.4, -0.2) is 26.6 Å². The Morgan fingerprint density at radius 2 is 2.14 bits per heavy atom. The first-order chi connectivity index (χ1) is 10.7. The Labute approximate surface area is 126 Å². The van der Waals surface area contributed by atoms with E-state index < -0.39 is 0 Å². The summed E-state index contributed by atoms with van der Waals surface area (Å²) in [7, 11) is 1.83. The number of fused-ring (bicyclic) bond motifs is 3. The third-order valence-electron chi connectivity index (χ3n) is 3.88. The van der Waals surface area contributed by atoms with Gasteiger partial charge in [0.15, 0.2) is 0 Å². The van der Waals surface area contributed by atoms with Crippen molar-refractivity contribution in [1.82, 2.24) is 14.1 Å². The molecule has 3 aromatic rings. The average molecular weight is 293 g/mol. The number of para-hydroxylation sites is 1. The third kappa shape index (κ3) is 1.92. The lowest BCUT2D eigenvalue weighted by atomic mass is 10.2. The highest BCUT2D eigenvalue weighted by atomic mass is 16.1. The quantitative estimate of drug-likeness (QED) is 0.740. The number of nitrogens with one attached hydrogen (secondary N) is 1. The summed E-state index contributed by atoms with van der Waals surface area (Å²) in [5.74, 6) is 0.695. The van der Waals surface area contributed by atoms with E-state index in [2.05, 4.69) is 15.3 Å². The van der Waals surface area contributed by atoms with Crippen LogP contribution >= 0.6 is 0 Å². The molecule has 6 nitrogen and oxygen atoms in total. The highest BCUT2D eigenvalue weighted by Crippen LogP contribution is 2.22. The van der Waals surface area contributed by atoms with E-state index in [-0.39, 0.29) is 5.91 Å². The standard InChI is InChI=1S/C16H15N5O/c1-20-9-4-7-13(20)15(22)19-16-18-12-6-3-2-5-11(12)14-17-8-10-21(14)16/h2-7,9,17H,8,10H2,1H3. The van der Waals surface area contributed by atoms with Gasteiger partial charge in [-0.1, -0.05) is 12.1 Å². The summed E-state index contributed by atoms with van der Waals surface area (Å²) in [6, 6.07) is 11.5. The highest BCUT2D eigenvalue weighted by Gasteiger charge is 2.16. The molecule has 1 aromatic carbocycles. The normalized spacial score (nSPS) is 14.1. The summed E-state index contributed by atoms with van der Waals surface area (Å²) in [6.07, 6.45) is 1.83. The fourth-order valence-corrected chi connectivity index (χ4v) is 2.79. The van der Waals surface area contributed by atoms with Gasteiger partial charge in [-0.05, 0) is 24.3 Å². The van der Waals surface area contributed by atoms with Crippen LogP contribution in [0.4, 0.5) is 5.82 Å². The predicted molar refractivity (Wildman–Crippen MR) is 83.5 cm³/mol. The van der Waals surface area contributed by atoms with Gasteiger partial charge in [-0.2, -0.15) is 4.99 Å².